The van der Waals surface area contributed by atoms with E-state index in [4.69, 9.17) is 4.74 Å². The van der Waals surface area contributed by atoms with Gasteiger partial charge in [0.1, 0.15) is 13.1 Å². The zero-order valence-electron chi connectivity index (χ0n) is 23.8. The number of carbonyl (C=O) groups is 2. The summed E-state index contributed by atoms with van der Waals surface area (Å²) in [4.78, 5) is 29.9. The molecule has 0 bridgehead atoms. The van der Waals surface area contributed by atoms with Crippen LogP contribution in [0.2, 0.25) is 0 Å². The molecule has 5 rings (SSSR count). The number of quaternary nitrogens is 1. The SMILES string of the molecule is Cc1c(/C([O-])=C2\C(=O)C(=O)N(CCC[NH+]3CCOCC3)C2c2ccc(C(C)(C)C)cc2)cnn1-c1ccccc1. The first-order valence-corrected chi connectivity index (χ1v) is 14.1. The molecule has 3 heterocycles. The third-order valence-corrected chi connectivity index (χ3v) is 8.01. The molecule has 1 N–H and O–H groups in total. The van der Waals surface area contributed by atoms with Crippen molar-refractivity contribution in [3.05, 3.63) is 88.8 Å². The van der Waals surface area contributed by atoms with E-state index in [-0.39, 0.29) is 11.0 Å². The van der Waals surface area contributed by atoms with Gasteiger partial charge >= 0.3 is 0 Å². The number of likely N-dealkylation sites (tertiary alicyclic amines) is 1. The van der Waals surface area contributed by atoms with Crippen LogP contribution in [0.3, 0.4) is 0 Å². The van der Waals surface area contributed by atoms with Gasteiger partial charge < -0.3 is 19.6 Å². The first kappa shape index (κ1) is 27.8. The minimum absolute atomic E-state index is 0.00272. The van der Waals surface area contributed by atoms with E-state index < -0.39 is 23.5 Å². The van der Waals surface area contributed by atoms with Crippen molar-refractivity contribution in [3.63, 3.8) is 0 Å². The van der Waals surface area contributed by atoms with Crippen molar-refractivity contribution in [2.75, 3.05) is 39.4 Å². The van der Waals surface area contributed by atoms with Crippen LogP contribution in [0.4, 0.5) is 0 Å². The van der Waals surface area contributed by atoms with E-state index in [9.17, 15) is 14.7 Å². The second-order valence-corrected chi connectivity index (χ2v) is 11.7. The molecule has 210 valence electrons. The van der Waals surface area contributed by atoms with Gasteiger partial charge in [0.05, 0.1) is 37.7 Å². The zero-order chi connectivity index (χ0) is 28.4. The number of nitrogens with one attached hydrogen (secondary N) is 1. The van der Waals surface area contributed by atoms with E-state index in [0.717, 1.165) is 56.1 Å². The summed E-state index contributed by atoms with van der Waals surface area (Å²) >= 11 is 0. The maximum Gasteiger partial charge on any atom is 0.295 e. The van der Waals surface area contributed by atoms with Gasteiger partial charge in [-0.05, 0) is 35.6 Å². The highest BCUT2D eigenvalue weighted by Gasteiger charge is 2.44. The lowest BCUT2D eigenvalue weighted by Gasteiger charge is -2.29. The molecule has 8 heteroatoms. The molecule has 1 unspecified atom stereocenters. The van der Waals surface area contributed by atoms with Gasteiger partial charge in [-0.1, -0.05) is 69.0 Å². The lowest BCUT2D eigenvalue weighted by Crippen LogP contribution is -3.14. The molecule has 8 nitrogen and oxygen atoms in total. The van der Waals surface area contributed by atoms with Gasteiger partial charge in [0.2, 0.25) is 5.78 Å². The molecule has 1 aromatic heterocycles. The maximum absolute atomic E-state index is 14.0. The van der Waals surface area contributed by atoms with Crippen LogP contribution in [-0.2, 0) is 19.7 Å². The largest absolute Gasteiger partial charge is 0.872 e. The van der Waals surface area contributed by atoms with Crippen molar-refractivity contribution >= 4 is 17.4 Å². The minimum Gasteiger partial charge on any atom is -0.872 e. The Balaban J connectivity index is 1.52. The van der Waals surface area contributed by atoms with Crippen LogP contribution in [0.15, 0.2) is 66.4 Å². The third-order valence-electron chi connectivity index (χ3n) is 8.01. The normalized spacial score (nSPS) is 19.9. The third kappa shape index (κ3) is 5.46. The molecule has 0 aliphatic carbocycles. The van der Waals surface area contributed by atoms with Crippen LogP contribution >= 0.6 is 0 Å². The number of morpholine rings is 1. The standard InChI is InChI=1S/C32H38N4O4/c1-22-26(21-33-36(22)25-9-6-5-7-10-25)29(37)27-28(23-11-13-24(14-12-23)32(2,3)4)35(31(39)30(27)38)16-8-15-34-17-19-40-20-18-34/h5-7,9-14,21,28,37H,8,15-20H2,1-4H3/b29-27+. The van der Waals surface area contributed by atoms with E-state index in [2.05, 4.69) is 25.9 Å². The summed E-state index contributed by atoms with van der Waals surface area (Å²) in [5.41, 5.74) is 3.63. The number of ketones is 1. The minimum atomic E-state index is -0.735. The molecule has 3 aromatic rings. The molecule has 2 saturated heterocycles. The average molecular weight is 543 g/mol. The summed E-state index contributed by atoms with van der Waals surface area (Å²) in [5, 5.41) is 18.5. The fourth-order valence-corrected chi connectivity index (χ4v) is 5.63. The number of rotatable bonds is 7. The number of amides is 1. The first-order valence-electron chi connectivity index (χ1n) is 14.1. The summed E-state index contributed by atoms with van der Waals surface area (Å²) in [6, 6.07) is 16.7. The number of hydrogen-bond donors (Lipinski definition) is 1. The number of ether oxygens (including phenoxy) is 1. The first-order chi connectivity index (χ1) is 19.2. The van der Waals surface area contributed by atoms with Crippen LogP contribution in [0.1, 0.15) is 55.6 Å². The van der Waals surface area contributed by atoms with E-state index in [1.807, 2.05) is 61.5 Å². The quantitative estimate of drug-likeness (QED) is 0.280. The molecule has 2 aliphatic heterocycles. The number of nitrogens with zero attached hydrogens (tertiary/aromatic N) is 3. The lowest BCUT2D eigenvalue weighted by molar-refractivity contribution is -0.908. The van der Waals surface area contributed by atoms with Gasteiger partial charge in [0, 0.05) is 29.8 Å². The van der Waals surface area contributed by atoms with Crippen LogP contribution in [0.5, 0.6) is 0 Å². The smallest absolute Gasteiger partial charge is 0.295 e. The second kappa shape index (κ2) is 11.4. The Kier molecular flexibility index (Phi) is 7.92. The summed E-state index contributed by atoms with van der Waals surface area (Å²) in [7, 11) is 0. The second-order valence-electron chi connectivity index (χ2n) is 11.7. The van der Waals surface area contributed by atoms with Crippen molar-refractivity contribution in [2.24, 2.45) is 0 Å². The van der Waals surface area contributed by atoms with E-state index >= 15 is 0 Å². The van der Waals surface area contributed by atoms with Gasteiger partial charge in [-0.15, -0.1) is 0 Å². The number of para-hydroxylation sites is 1. The summed E-state index contributed by atoms with van der Waals surface area (Å²) in [5.74, 6) is -1.77. The van der Waals surface area contributed by atoms with Crippen molar-refractivity contribution in [1.82, 2.24) is 14.7 Å². The number of aromatic nitrogens is 2. The fourth-order valence-electron chi connectivity index (χ4n) is 5.63. The molecule has 2 aliphatic rings. The van der Waals surface area contributed by atoms with Crippen LogP contribution in [0, 0.1) is 6.92 Å². The molecule has 0 saturated carbocycles. The molecule has 0 radical (unpaired) electrons. The Bertz CT molecular complexity index is 1400. The predicted octanol–water partition coefficient (Wildman–Crippen LogP) is 2.01. The Morgan fingerprint density at radius 3 is 2.38 bits per heavy atom. The topological polar surface area (TPSA) is 91.9 Å². The van der Waals surface area contributed by atoms with Crippen molar-refractivity contribution < 1.29 is 24.3 Å². The molecular formula is C32H38N4O4. The molecular weight excluding hydrogens is 504 g/mol. The van der Waals surface area contributed by atoms with Gasteiger partial charge in [0.15, 0.2) is 0 Å². The summed E-state index contributed by atoms with van der Waals surface area (Å²) < 4.78 is 7.15. The van der Waals surface area contributed by atoms with Crippen LogP contribution < -0.4 is 10.0 Å². The Hall–Kier alpha value is -3.75. The zero-order valence-corrected chi connectivity index (χ0v) is 23.8. The van der Waals surface area contributed by atoms with Crippen molar-refractivity contribution in [3.8, 4) is 5.69 Å². The number of Topliss-reactive ketones (excluding diaryl/α,β-unsaturated/α-hetero) is 1. The molecule has 2 fully saturated rings. The Morgan fingerprint density at radius 2 is 1.73 bits per heavy atom. The monoisotopic (exact) mass is 542 g/mol. The van der Waals surface area contributed by atoms with E-state index in [1.165, 1.54) is 11.1 Å². The van der Waals surface area contributed by atoms with Gasteiger partial charge in [-0.2, -0.15) is 5.10 Å². The van der Waals surface area contributed by atoms with Crippen molar-refractivity contribution in [1.29, 1.82) is 0 Å². The summed E-state index contributed by atoms with van der Waals surface area (Å²) in [6.07, 6.45) is 2.23. The van der Waals surface area contributed by atoms with Gasteiger partial charge in [0.25, 0.3) is 5.91 Å². The average Bonchev–Trinajstić information content (AvgIpc) is 3.46. The summed E-state index contributed by atoms with van der Waals surface area (Å²) in [6.45, 7) is 12.9. The molecule has 0 spiro atoms. The molecule has 2 aromatic carbocycles. The van der Waals surface area contributed by atoms with Gasteiger partial charge in [-0.3, -0.25) is 9.59 Å². The van der Waals surface area contributed by atoms with Crippen molar-refractivity contribution in [2.45, 2.75) is 45.6 Å². The van der Waals surface area contributed by atoms with Gasteiger partial charge in [-0.25, -0.2) is 4.68 Å². The predicted molar refractivity (Wildman–Crippen MR) is 151 cm³/mol. The fraction of sp³-hybridized carbons (Fsp3) is 0.406. The number of carbonyl (C=O) groups excluding carboxylic acids is 2. The Morgan fingerprint density at radius 1 is 1.05 bits per heavy atom. The maximum atomic E-state index is 14.0. The lowest BCUT2D eigenvalue weighted by atomic mass is 9.85. The Labute approximate surface area is 235 Å². The highest BCUT2D eigenvalue weighted by molar-refractivity contribution is 6.46. The van der Waals surface area contributed by atoms with Crippen LogP contribution in [-0.4, -0.2) is 65.8 Å². The molecule has 1 amide bonds. The molecule has 40 heavy (non-hydrogen) atoms. The number of benzene rings is 2. The molecule has 1 atom stereocenters. The van der Waals surface area contributed by atoms with E-state index in [0.29, 0.717) is 17.8 Å². The van der Waals surface area contributed by atoms with Crippen LogP contribution in [0.25, 0.3) is 11.4 Å². The highest BCUT2D eigenvalue weighted by Crippen LogP contribution is 2.40. The number of hydrogen-bond acceptors (Lipinski definition) is 5. The highest BCUT2D eigenvalue weighted by atomic mass is 16.5. The van der Waals surface area contributed by atoms with E-state index in [1.54, 1.807) is 9.58 Å².